The van der Waals surface area contributed by atoms with Gasteiger partial charge in [-0.1, -0.05) is 0 Å². The van der Waals surface area contributed by atoms with Crippen molar-refractivity contribution < 1.29 is 4.79 Å². The predicted octanol–water partition coefficient (Wildman–Crippen LogP) is -0.534. The molecule has 58 valence electrons. The van der Waals surface area contributed by atoms with Crippen molar-refractivity contribution in [2.24, 2.45) is 5.73 Å². The van der Waals surface area contributed by atoms with E-state index in [-0.39, 0.29) is 11.5 Å². The Kier molecular flexibility index (Phi) is 1.72. The van der Waals surface area contributed by atoms with E-state index in [0.29, 0.717) is 5.69 Å². The van der Waals surface area contributed by atoms with Crippen molar-refractivity contribution >= 4 is 11.7 Å². The lowest BCUT2D eigenvalue weighted by molar-refractivity contribution is 0.0996. The molecular formula is C6H8N4O. The van der Waals surface area contributed by atoms with Gasteiger partial charge in [0.1, 0.15) is 0 Å². The number of hydrogen-bond acceptors (Lipinski definition) is 4. The molecule has 0 bridgehead atoms. The number of aryl methyl sites for hydroxylation is 1. The lowest BCUT2D eigenvalue weighted by Gasteiger charge is -1.98. The van der Waals surface area contributed by atoms with Crippen molar-refractivity contribution in [1.29, 1.82) is 0 Å². The van der Waals surface area contributed by atoms with Crippen molar-refractivity contribution in [3.8, 4) is 0 Å². The van der Waals surface area contributed by atoms with Crippen LogP contribution in [0.15, 0.2) is 6.20 Å². The number of nitrogen functional groups attached to an aromatic ring is 1. The van der Waals surface area contributed by atoms with E-state index in [4.69, 9.17) is 11.5 Å². The highest BCUT2D eigenvalue weighted by Crippen LogP contribution is 2.03. The number of hydrogen-bond donors (Lipinski definition) is 2. The second-order valence-corrected chi connectivity index (χ2v) is 2.11. The zero-order valence-corrected chi connectivity index (χ0v) is 6.03. The quantitative estimate of drug-likeness (QED) is 0.565. The summed E-state index contributed by atoms with van der Waals surface area (Å²) in [6, 6.07) is 0. The highest BCUT2D eigenvalue weighted by molar-refractivity contribution is 5.94. The summed E-state index contributed by atoms with van der Waals surface area (Å²) in [6.45, 7) is 1.71. The third-order valence-electron chi connectivity index (χ3n) is 1.15. The molecule has 0 aliphatic heterocycles. The van der Waals surface area contributed by atoms with Crippen molar-refractivity contribution in [2.45, 2.75) is 6.92 Å². The van der Waals surface area contributed by atoms with E-state index in [2.05, 4.69) is 9.97 Å². The van der Waals surface area contributed by atoms with Gasteiger partial charge in [0.25, 0.3) is 5.91 Å². The van der Waals surface area contributed by atoms with Gasteiger partial charge in [0.05, 0.1) is 11.9 Å². The van der Waals surface area contributed by atoms with Crippen molar-refractivity contribution in [2.75, 3.05) is 5.73 Å². The van der Waals surface area contributed by atoms with E-state index in [1.165, 1.54) is 6.20 Å². The Morgan fingerprint density at radius 2 is 2.27 bits per heavy atom. The van der Waals surface area contributed by atoms with Crippen LogP contribution in [0.3, 0.4) is 0 Å². The number of aromatic nitrogens is 2. The van der Waals surface area contributed by atoms with E-state index in [0.717, 1.165) is 0 Å². The average Bonchev–Trinajstić information content (AvgIpc) is 1.94. The lowest BCUT2D eigenvalue weighted by atomic mass is 10.3. The molecular weight excluding hydrogens is 144 g/mol. The lowest BCUT2D eigenvalue weighted by Crippen LogP contribution is -2.17. The van der Waals surface area contributed by atoms with Gasteiger partial charge in [0, 0.05) is 0 Å². The van der Waals surface area contributed by atoms with Gasteiger partial charge < -0.3 is 11.5 Å². The molecule has 5 nitrogen and oxygen atoms in total. The fraction of sp³-hybridized carbons (Fsp3) is 0.167. The van der Waals surface area contributed by atoms with Crippen LogP contribution in [-0.4, -0.2) is 15.9 Å². The molecule has 0 radical (unpaired) electrons. The number of amides is 1. The minimum Gasteiger partial charge on any atom is -0.382 e. The van der Waals surface area contributed by atoms with E-state index in [9.17, 15) is 4.79 Å². The molecule has 4 N–H and O–H groups in total. The van der Waals surface area contributed by atoms with E-state index in [1.807, 2.05) is 0 Å². The first kappa shape index (κ1) is 7.46. The SMILES string of the molecule is Cc1cnc(N)c(C(N)=O)n1. The molecule has 0 atom stereocenters. The molecule has 0 saturated carbocycles. The molecule has 1 heterocycles. The zero-order chi connectivity index (χ0) is 8.43. The summed E-state index contributed by atoms with van der Waals surface area (Å²) in [5.41, 5.74) is 10.9. The number of carbonyl (C=O) groups is 1. The smallest absolute Gasteiger partial charge is 0.271 e. The number of anilines is 1. The molecule has 1 aromatic heterocycles. The largest absolute Gasteiger partial charge is 0.382 e. The van der Waals surface area contributed by atoms with E-state index in [1.54, 1.807) is 6.92 Å². The monoisotopic (exact) mass is 152 g/mol. The van der Waals surface area contributed by atoms with Crippen LogP contribution >= 0.6 is 0 Å². The van der Waals surface area contributed by atoms with Gasteiger partial charge in [0.15, 0.2) is 11.5 Å². The summed E-state index contributed by atoms with van der Waals surface area (Å²) >= 11 is 0. The highest BCUT2D eigenvalue weighted by Gasteiger charge is 2.07. The minimum atomic E-state index is -0.654. The normalized spacial score (nSPS) is 9.55. The van der Waals surface area contributed by atoms with Crippen LogP contribution in [0.5, 0.6) is 0 Å². The number of primary amides is 1. The zero-order valence-electron chi connectivity index (χ0n) is 6.03. The molecule has 1 rings (SSSR count). The van der Waals surface area contributed by atoms with Gasteiger partial charge in [-0.2, -0.15) is 0 Å². The van der Waals surface area contributed by atoms with Gasteiger partial charge in [-0.25, -0.2) is 9.97 Å². The Labute approximate surface area is 63.4 Å². The second kappa shape index (κ2) is 2.53. The van der Waals surface area contributed by atoms with Crippen LogP contribution in [0.1, 0.15) is 16.2 Å². The fourth-order valence-corrected chi connectivity index (χ4v) is 0.668. The van der Waals surface area contributed by atoms with E-state index >= 15 is 0 Å². The maximum atomic E-state index is 10.6. The van der Waals surface area contributed by atoms with Gasteiger partial charge >= 0.3 is 0 Å². The molecule has 0 fully saturated rings. The molecule has 5 heteroatoms. The predicted molar refractivity (Wildman–Crippen MR) is 39.7 cm³/mol. The van der Waals surface area contributed by atoms with Crippen molar-refractivity contribution in [3.05, 3.63) is 17.6 Å². The first-order valence-corrected chi connectivity index (χ1v) is 3.00. The van der Waals surface area contributed by atoms with Crippen LogP contribution in [0, 0.1) is 6.92 Å². The topological polar surface area (TPSA) is 94.9 Å². The highest BCUT2D eigenvalue weighted by atomic mass is 16.1. The van der Waals surface area contributed by atoms with Crippen molar-refractivity contribution in [1.82, 2.24) is 9.97 Å². The van der Waals surface area contributed by atoms with Gasteiger partial charge in [-0.05, 0) is 6.92 Å². The maximum absolute atomic E-state index is 10.6. The first-order valence-electron chi connectivity index (χ1n) is 3.00. The molecule has 0 aliphatic carbocycles. The molecule has 0 unspecified atom stereocenters. The first-order chi connectivity index (χ1) is 5.11. The fourth-order valence-electron chi connectivity index (χ4n) is 0.668. The molecule has 11 heavy (non-hydrogen) atoms. The molecule has 0 spiro atoms. The van der Waals surface area contributed by atoms with Gasteiger partial charge in [-0.3, -0.25) is 4.79 Å². The third kappa shape index (κ3) is 1.43. The van der Waals surface area contributed by atoms with Gasteiger partial charge in [-0.15, -0.1) is 0 Å². The summed E-state index contributed by atoms with van der Waals surface area (Å²) in [7, 11) is 0. The van der Waals surface area contributed by atoms with Crippen LogP contribution in [-0.2, 0) is 0 Å². The Morgan fingerprint density at radius 3 is 2.73 bits per heavy atom. The van der Waals surface area contributed by atoms with Crippen LogP contribution in [0.25, 0.3) is 0 Å². The van der Waals surface area contributed by atoms with Crippen LogP contribution < -0.4 is 11.5 Å². The number of nitrogens with zero attached hydrogens (tertiary/aromatic N) is 2. The molecule has 0 aromatic carbocycles. The minimum absolute atomic E-state index is 0.0324. The Hall–Kier alpha value is -1.65. The summed E-state index contributed by atoms with van der Waals surface area (Å²) < 4.78 is 0. The summed E-state index contributed by atoms with van der Waals surface area (Å²) in [6.07, 6.45) is 1.47. The summed E-state index contributed by atoms with van der Waals surface area (Å²) in [5, 5.41) is 0. The number of carbonyl (C=O) groups excluding carboxylic acids is 1. The Bertz CT molecular complexity index is 297. The summed E-state index contributed by atoms with van der Waals surface area (Å²) in [4.78, 5) is 18.1. The molecule has 0 aliphatic rings. The van der Waals surface area contributed by atoms with E-state index < -0.39 is 5.91 Å². The average molecular weight is 152 g/mol. The molecule has 1 aromatic rings. The maximum Gasteiger partial charge on any atom is 0.271 e. The number of rotatable bonds is 1. The second-order valence-electron chi connectivity index (χ2n) is 2.11. The molecule has 1 amide bonds. The Balaban J connectivity index is 3.23. The van der Waals surface area contributed by atoms with Crippen LogP contribution in [0.2, 0.25) is 0 Å². The van der Waals surface area contributed by atoms with Crippen LogP contribution in [0.4, 0.5) is 5.82 Å². The molecule has 0 saturated heterocycles. The third-order valence-corrected chi connectivity index (χ3v) is 1.15. The standard InChI is InChI=1S/C6H8N4O/c1-3-2-9-5(7)4(10-3)6(8)11/h2H,1H3,(H2,7,9)(H2,8,11). The number of nitrogens with two attached hydrogens (primary N) is 2. The van der Waals surface area contributed by atoms with Gasteiger partial charge in [0.2, 0.25) is 0 Å². The summed E-state index contributed by atoms with van der Waals surface area (Å²) in [5.74, 6) is -0.582. The van der Waals surface area contributed by atoms with Crippen molar-refractivity contribution in [3.63, 3.8) is 0 Å². The Morgan fingerprint density at radius 1 is 1.64 bits per heavy atom.